The normalized spacial score (nSPS) is 20.1. The second-order valence-corrected chi connectivity index (χ2v) is 9.27. The van der Waals surface area contributed by atoms with Crippen LogP contribution in [0.25, 0.3) is 0 Å². The van der Waals surface area contributed by atoms with Gasteiger partial charge in [-0.2, -0.15) is 0 Å². The lowest BCUT2D eigenvalue weighted by atomic mass is 9.92. The van der Waals surface area contributed by atoms with E-state index >= 15 is 0 Å². The third kappa shape index (κ3) is 5.85. The predicted molar refractivity (Wildman–Crippen MR) is 126 cm³/mol. The van der Waals surface area contributed by atoms with E-state index in [9.17, 15) is 4.79 Å². The third-order valence-corrected chi connectivity index (χ3v) is 6.87. The average Bonchev–Trinajstić information content (AvgIpc) is 2.81. The van der Waals surface area contributed by atoms with Crippen LogP contribution in [-0.4, -0.2) is 60.0 Å². The summed E-state index contributed by atoms with van der Waals surface area (Å²) in [6, 6.07) is 12.8. The molecule has 4 rings (SSSR count). The highest BCUT2D eigenvalue weighted by atomic mass is 16.2. The van der Waals surface area contributed by atoms with E-state index in [1.165, 1.54) is 36.1 Å². The van der Waals surface area contributed by atoms with Gasteiger partial charge in [0.05, 0.1) is 0 Å². The smallest absolute Gasteiger partial charge is 0.222 e. The van der Waals surface area contributed by atoms with Crippen LogP contribution in [0.3, 0.4) is 0 Å². The summed E-state index contributed by atoms with van der Waals surface area (Å²) in [6.45, 7) is 11.1. The van der Waals surface area contributed by atoms with Gasteiger partial charge in [0.25, 0.3) is 0 Å². The van der Waals surface area contributed by atoms with Crippen LogP contribution in [0.2, 0.25) is 0 Å². The van der Waals surface area contributed by atoms with E-state index < -0.39 is 0 Å². The average molecular weight is 421 g/mol. The van der Waals surface area contributed by atoms with E-state index in [2.05, 4.69) is 51.7 Å². The maximum Gasteiger partial charge on any atom is 0.222 e. The van der Waals surface area contributed by atoms with Gasteiger partial charge < -0.3 is 9.80 Å². The number of carbonyl (C=O) groups excluding carboxylic acids is 1. The molecule has 0 bridgehead atoms. The van der Waals surface area contributed by atoms with Gasteiger partial charge in [-0.1, -0.05) is 29.8 Å². The first-order chi connectivity index (χ1) is 15.1. The zero-order chi connectivity index (χ0) is 21.6. The maximum absolute atomic E-state index is 12.8. The number of aromatic nitrogens is 1. The zero-order valence-electron chi connectivity index (χ0n) is 19.1. The van der Waals surface area contributed by atoms with Crippen molar-refractivity contribution >= 4 is 11.7 Å². The summed E-state index contributed by atoms with van der Waals surface area (Å²) in [5, 5.41) is 0. The van der Waals surface area contributed by atoms with E-state index in [4.69, 9.17) is 0 Å². The Balaban J connectivity index is 1.22. The molecule has 3 heterocycles. The molecule has 0 spiro atoms. The van der Waals surface area contributed by atoms with Gasteiger partial charge in [-0.3, -0.25) is 9.69 Å². The first-order valence-corrected chi connectivity index (χ1v) is 11.8. The number of hydrogen-bond acceptors (Lipinski definition) is 4. The van der Waals surface area contributed by atoms with Crippen molar-refractivity contribution in [3.05, 3.63) is 59.3 Å². The number of hydrogen-bond donors (Lipinski definition) is 0. The molecule has 1 aromatic carbocycles. The number of pyridine rings is 1. The summed E-state index contributed by atoms with van der Waals surface area (Å²) < 4.78 is 0. The zero-order valence-corrected chi connectivity index (χ0v) is 19.1. The SMILES string of the molecule is Cc1ccc(C)c(CN2CCC[C@@H](CCC(=O)N3CCN(c4ccccn4)CC3)C2)c1. The minimum absolute atomic E-state index is 0.326. The van der Waals surface area contributed by atoms with Gasteiger partial charge in [0.1, 0.15) is 5.82 Å². The van der Waals surface area contributed by atoms with Crippen molar-refractivity contribution in [1.29, 1.82) is 0 Å². The van der Waals surface area contributed by atoms with Crippen LogP contribution in [0.4, 0.5) is 5.82 Å². The van der Waals surface area contributed by atoms with Crippen LogP contribution in [0.1, 0.15) is 42.4 Å². The first kappa shape index (κ1) is 21.8. The molecule has 2 aromatic rings. The van der Waals surface area contributed by atoms with Gasteiger partial charge in [0, 0.05) is 51.9 Å². The molecule has 166 valence electrons. The monoisotopic (exact) mass is 420 g/mol. The molecule has 2 aliphatic heterocycles. The molecule has 1 aromatic heterocycles. The Morgan fingerprint density at radius 2 is 1.90 bits per heavy atom. The fourth-order valence-electron chi connectivity index (χ4n) is 4.95. The molecule has 5 nitrogen and oxygen atoms in total. The van der Waals surface area contributed by atoms with E-state index in [1.54, 1.807) is 0 Å². The van der Waals surface area contributed by atoms with Crippen molar-refractivity contribution in [3.8, 4) is 0 Å². The fourth-order valence-corrected chi connectivity index (χ4v) is 4.95. The highest BCUT2D eigenvalue weighted by Gasteiger charge is 2.25. The molecular formula is C26H36N4O. The maximum atomic E-state index is 12.8. The lowest BCUT2D eigenvalue weighted by Gasteiger charge is -2.36. The molecule has 2 saturated heterocycles. The molecule has 0 aliphatic carbocycles. The second-order valence-electron chi connectivity index (χ2n) is 9.27. The number of aryl methyl sites for hydroxylation is 2. The fraction of sp³-hybridized carbons (Fsp3) is 0.538. The lowest BCUT2D eigenvalue weighted by Crippen LogP contribution is -2.49. The molecule has 0 saturated carbocycles. The summed E-state index contributed by atoms with van der Waals surface area (Å²) in [6.07, 6.45) is 6.03. The molecule has 0 unspecified atom stereocenters. The number of nitrogens with zero attached hydrogens (tertiary/aromatic N) is 4. The highest BCUT2D eigenvalue weighted by molar-refractivity contribution is 5.76. The number of piperazine rings is 1. The minimum atomic E-state index is 0.326. The number of rotatable bonds is 6. The molecule has 0 N–H and O–H groups in total. The second kappa shape index (κ2) is 10.3. The summed E-state index contributed by atoms with van der Waals surface area (Å²) in [4.78, 5) is 24.2. The van der Waals surface area contributed by atoms with Crippen molar-refractivity contribution in [3.63, 3.8) is 0 Å². The largest absolute Gasteiger partial charge is 0.353 e. The Kier molecular flexibility index (Phi) is 7.23. The van der Waals surface area contributed by atoms with E-state index in [0.717, 1.165) is 51.5 Å². The number of benzene rings is 1. The number of anilines is 1. The molecule has 1 atom stereocenters. The minimum Gasteiger partial charge on any atom is -0.353 e. The molecular weight excluding hydrogens is 384 g/mol. The summed E-state index contributed by atoms with van der Waals surface area (Å²) >= 11 is 0. The molecule has 5 heteroatoms. The standard InChI is InChI=1S/C26H36N4O/c1-21-8-9-22(2)24(18-21)20-28-13-5-6-23(19-28)10-11-26(31)30-16-14-29(15-17-30)25-7-3-4-12-27-25/h3-4,7-9,12,18,23H,5-6,10-11,13-17,19-20H2,1-2H3/t23-/m0/s1. The molecule has 1 amide bonds. The Morgan fingerprint density at radius 1 is 1.06 bits per heavy atom. The van der Waals surface area contributed by atoms with Crippen LogP contribution in [0.15, 0.2) is 42.6 Å². The van der Waals surface area contributed by atoms with Gasteiger partial charge in [0.15, 0.2) is 0 Å². The number of carbonyl (C=O) groups is 1. The topological polar surface area (TPSA) is 39.7 Å². The Morgan fingerprint density at radius 3 is 2.68 bits per heavy atom. The van der Waals surface area contributed by atoms with E-state index in [0.29, 0.717) is 18.2 Å². The van der Waals surface area contributed by atoms with Crippen molar-refractivity contribution in [1.82, 2.24) is 14.8 Å². The quantitative estimate of drug-likeness (QED) is 0.707. The van der Waals surface area contributed by atoms with E-state index in [-0.39, 0.29) is 0 Å². The van der Waals surface area contributed by atoms with Gasteiger partial charge in [-0.15, -0.1) is 0 Å². The van der Waals surface area contributed by atoms with Crippen LogP contribution in [-0.2, 0) is 11.3 Å². The molecule has 31 heavy (non-hydrogen) atoms. The third-order valence-electron chi connectivity index (χ3n) is 6.87. The van der Waals surface area contributed by atoms with Crippen molar-refractivity contribution in [2.45, 2.75) is 46.1 Å². The lowest BCUT2D eigenvalue weighted by molar-refractivity contribution is -0.131. The highest BCUT2D eigenvalue weighted by Crippen LogP contribution is 2.24. The molecule has 2 fully saturated rings. The Hall–Kier alpha value is -2.40. The van der Waals surface area contributed by atoms with Crippen molar-refractivity contribution < 1.29 is 4.79 Å². The van der Waals surface area contributed by atoms with Gasteiger partial charge in [-0.25, -0.2) is 4.98 Å². The van der Waals surface area contributed by atoms with Gasteiger partial charge in [0.2, 0.25) is 5.91 Å². The van der Waals surface area contributed by atoms with Crippen LogP contribution in [0.5, 0.6) is 0 Å². The van der Waals surface area contributed by atoms with E-state index in [1.807, 2.05) is 24.4 Å². The van der Waals surface area contributed by atoms with Crippen LogP contribution >= 0.6 is 0 Å². The first-order valence-electron chi connectivity index (χ1n) is 11.8. The molecule has 2 aliphatic rings. The molecule has 0 radical (unpaired) electrons. The van der Waals surface area contributed by atoms with Crippen LogP contribution in [0, 0.1) is 19.8 Å². The Bertz CT molecular complexity index is 861. The predicted octanol–water partition coefficient (Wildman–Crippen LogP) is 4.04. The van der Waals surface area contributed by atoms with Crippen molar-refractivity contribution in [2.24, 2.45) is 5.92 Å². The van der Waals surface area contributed by atoms with Gasteiger partial charge >= 0.3 is 0 Å². The van der Waals surface area contributed by atoms with Crippen LogP contribution < -0.4 is 4.90 Å². The number of likely N-dealkylation sites (tertiary alicyclic amines) is 1. The summed E-state index contributed by atoms with van der Waals surface area (Å²) in [5.74, 6) is 1.98. The number of amides is 1. The Labute approximate surface area is 187 Å². The summed E-state index contributed by atoms with van der Waals surface area (Å²) in [7, 11) is 0. The van der Waals surface area contributed by atoms with Crippen molar-refractivity contribution in [2.75, 3.05) is 44.2 Å². The summed E-state index contributed by atoms with van der Waals surface area (Å²) in [5.41, 5.74) is 4.16. The number of piperidine rings is 1. The van der Waals surface area contributed by atoms with Gasteiger partial charge in [-0.05, 0) is 68.8 Å².